The third-order valence-corrected chi connectivity index (χ3v) is 5.63. The average molecular weight is 410 g/mol. The monoisotopic (exact) mass is 409 g/mol. The van der Waals surface area contributed by atoms with E-state index in [4.69, 9.17) is 4.74 Å². The van der Waals surface area contributed by atoms with Crippen LogP contribution in [0.5, 0.6) is 5.75 Å². The summed E-state index contributed by atoms with van der Waals surface area (Å²) in [6, 6.07) is 14.1. The Labute approximate surface area is 149 Å². The first-order valence-corrected chi connectivity index (χ1v) is 10.0. The first kappa shape index (κ1) is 17.0. The molecule has 1 aliphatic rings. The van der Waals surface area contributed by atoms with E-state index < -0.39 is 21.5 Å². The van der Waals surface area contributed by atoms with Crippen LogP contribution in [0.3, 0.4) is 0 Å². The number of rotatable bonds is 5. The highest BCUT2D eigenvalue weighted by atomic mass is 79.9. The Bertz CT molecular complexity index is 866. The maximum absolute atomic E-state index is 12.2. The Balaban J connectivity index is 1.62. The molecule has 0 fully saturated rings. The number of sulfone groups is 1. The molecule has 1 atom stereocenters. The lowest BCUT2D eigenvalue weighted by Crippen LogP contribution is -2.34. The van der Waals surface area contributed by atoms with Crippen LogP contribution >= 0.6 is 15.9 Å². The van der Waals surface area contributed by atoms with Gasteiger partial charge in [0.15, 0.2) is 9.84 Å². The zero-order valence-corrected chi connectivity index (χ0v) is 15.1. The van der Waals surface area contributed by atoms with Gasteiger partial charge in [0.1, 0.15) is 18.1 Å². The van der Waals surface area contributed by atoms with Crippen molar-refractivity contribution in [1.29, 1.82) is 0 Å². The van der Waals surface area contributed by atoms with E-state index in [0.29, 0.717) is 12.2 Å². The standard InChI is InChI=1S/C17H16BrNO4S/c18-13-5-3-4-12(8-13)10-24(21,22)11-17(20)19-15-9-23-16-7-2-1-6-14(15)16/h1-8,15H,9-11H2,(H,19,20)/t15-/m1/s1. The number of hydrogen-bond donors (Lipinski definition) is 1. The second-order valence-electron chi connectivity index (χ2n) is 5.63. The van der Waals surface area contributed by atoms with Crippen molar-refractivity contribution in [3.05, 3.63) is 64.1 Å². The summed E-state index contributed by atoms with van der Waals surface area (Å²) in [6.45, 7) is 0.316. The minimum Gasteiger partial charge on any atom is -0.491 e. The zero-order valence-electron chi connectivity index (χ0n) is 12.7. The molecular formula is C17H16BrNO4S. The van der Waals surface area contributed by atoms with Gasteiger partial charge in [-0.1, -0.05) is 46.3 Å². The number of carbonyl (C=O) groups is 1. The predicted molar refractivity (Wildman–Crippen MR) is 94.5 cm³/mol. The topological polar surface area (TPSA) is 72.5 Å². The van der Waals surface area contributed by atoms with E-state index in [1.807, 2.05) is 30.3 Å². The molecule has 5 nitrogen and oxygen atoms in total. The van der Waals surface area contributed by atoms with Crippen LogP contribution in [-0.2, 0) is 20.4 Å². The minimum absolute atomic E-state index is 0.169. The third kappa shape index (κ3) is 4.15. The van der Waals surface area contributed by atoms with Crippen molar-refractivity contribution < 1.29 is 17.9 Å². The summed E-state index contributed by atoms with van der Waals surface area (Å²) in [6.07, 6.45) is 0. The van der Waals surface area contributed by atoms with E-state index in [1.54, 1.807) is 18.2 Å². The van der Waals surface area contributed by atoms with Crippen molar-refractivity contribution in [2.45, 2.75) is 11.8 Å². The largest absolute Gasteiger partial charge is 0.491 e. The second kappa shape index (κ2) is 6.94. The lowest BCUT2D eigenvalue weighted by molar-refractivity contribution is -0.119. The molecule has 0 radical (unpaired) electrons. The van der Waals surface area contributed by atoms with Gasteiger partial charge >= 0.3 is 0 Å². The molecule has 0 spiro atoms. The van der Waals surface area contributed by atoms with E-state index >= 15 is 0 Å². The molecule has 0 bridgehead atoms. The smallest absolute Gasteiger partial charge is 0.235 e. The van der Waals surface area contributed by atoms with Gasteiger partial charge in [0, 0.05) is 10.0 Å². The first-order chi connectivity index (χ1) is 11.4. The SMILES string of the molecule is O=C(CS(=O)(=O)Cc1cccc(Br)c1)N[C@@H]1COc2ccccc21. The molecule has 0 saturated carbocycles. The predicted octanol–water partition coefficient (Wildman–Crippen LogP) is 2.61. The average Bonchev–Trinajstić information content (AvgIpc) is 2.89. The molecule has 2 aromatic rings. The third-order valence-electron chi connectivity index (χ3n) is 3.66. The van der Waals surface area contributed by atoms with Gasteiger partial charge in [-0.15, -0.1) is 0 Å². The van der Waals surface area contributed by atoms with Gasteiger partial charge in [-0.3, -0.25) is 4.79 Å². The molecule has 0 saturated heterocycles. The zero-order chi connectivity index (χ0) is 17.2. The van der Waals surface area contributed by atoms with Gasteiger partial charge < -0.3 is 10.1 Å². The number of hydrogen-bond acceptors (Lipinski definition) is 4. The molecule has 0 unspecified atom stereocenters. The maximum Gasteiger partial charge on any atom is 0.235 e. The normalized spacial score (nSPS) is 16.3. The Hall–Kier alpha value is -1.86. The number of carbonyl (C=O) groups excluding carboxylic acids is 1. The lowest BCUT2D eigenvalue weighted by atomic mass is 10.1. The molecule has 0 aliphatic carbocycles. The number of benzene rings is 2. The molecule has 1 N–H and O–H groups in total. The number of nitrogens with one attached hydrogen (secondary N) is 1. The van der Waals surface area contributed by atoms with Crippen molar-refractivity contribution in [2.75, 3.05) is 12.4 Å². The second-order valence-corrected chi connectivity index (χ2v) is 8.61. The highest BCUT2D eigenvalue weighted by Crippen LogP contribution is 2.31. The van der Waals surface area contributed by atoms with Crippen LogP contribution in [0, 0.1) is 0 Å². The molecule has 0 aromatic heterocycles. The highest BCUT2D eigenvalue weighted by molar-refractivity contribution is 9.10. The fourth-order valence-electron chi connectivity index (χ4n) is 2.65. The number of ether oxygens (including phenoxy) is 1. The molecule has 1 heterocycles. The van der Waals surface area contributed by atoms with Gasteiger partial charge in [-0.2, -0.15) is 0 Å². The summed E-state index contributed by atoms with van der Waals surface area (Å²) < 4.78 is 30.8. The van der Waals surface area contributed by atoms with Crippen LogP contribution in [0.25, 0.3) is 0 Å². The van der Waals surface area contributed by atoms with E-state index in [2.05, 4.69) is 21.2 Å². The van der Waals surface area contributed by atoms with E-state index in [0.717, 1.165) is 15.8 Å². The summed E-state index contributed by atoms with van der Waals surface area (Å²) in [7, 11) is -3.54. The van der Waals surface area contributed by atoms with Crippen LogP contribution in [-0.4, -0.2) is 26.7 Å². The van der Waals surface area contributed by atoms with Gasteiger partial charge in [-0.05, 0) is 23.8 Å². The molecule has 3 rings (SSSR count). The Morgan fingerprint density at radius 1 is 1.21 bits per heavy atom. The fourth-order valence-corrected chi connectivity index (χ4v) is 4.37. The summed E-state index contributed by atoms with van der Waals surface area (Å²) >= 11 is 3.31. The minimum atomic E-state index is -3.54. The highest BCUT2D eigenvalue weighted by Gasteiger charge is 2.27. The summed E-state index contributed by atoms with van der Waals surface area (Å²) in [4.78, 5) is 12.1. The summed E-state index contributed by atoms with van der Waals surface area (Å²) in [5.74, 6) is -0.509. The number of halogens is 1. The quantitative estimate of drug-likeness (QED) is 0.823. The molecule has 1 amide bonds. The van der Waals surface area contributed by atoms with Crippen LogP contribution in [0.4, 0.5) is 0 Å². The molecule has 7 heteroatoms. The van der Waals surface area contributed by atoms with Crippen molar-refractivity contribution in [2.24, 2.45) is 0 Å². The molecule has 24 heavy (non-hydrogen) atoms. The Kier molecular flexibility index (Phi) is 4.91. The molecular weight excluding hydrogens is 394 g/mol. The van der Waals surface area contributed by atoms with Crippen molar-refractivity contribution in [3.63, 3.8) is 0 Å². The van der Waals surface area contributed by atoms with Gasteiger partial charge in [-0.25, -0.2) is 8.42 Å². The number of para-hydroxylation sites is 1. The van der Waals surface area contributed by atoms with Gasteiger partial charge in [0.25, 0.3) is 0 Å². The van der Waals surface area contributed by atoms with Gasteiger partial charge in [0.2, 0.25) is 5.91 Å². The fraction of sp³-hybridized carbons (Fsp3) is 0.235. The van der Waals surface area contributed by atoms with Crippen LogP contribution in [0.1, 0.15) is 17.2 Å². The van der Waals surface area contributed by atoms with E-state index in [9.17, 15) is 13.2 Å². The van der Waals surface area contributed by atoms with E-state index in [-0.39, 0.29) is 11.8 Å². The Morgan fingerprint density at radius 3 is 2.79 bits per heavy atom. The van der Waals surface area contributed by atoms with Crippen molar-refractivity contribution in [3.8, 4) is 5.75 Å². The van der Waals surface area contributed by atoms with Crippen LogP contribution in [0.2, 0.25) is 0 Å². The molecule has 2 aromatic carbocycles. The lowest BCUT2D eigenvalue weighted by Gasteiger charge is -2.12. The number of fused-ring (bicyclic) bond motifs is 1. The first-order valence-electron chi connectivity index (χ1n) is 7.39. The van der Waals surface area contributed by atoms with Crippen molar-refractivity contribution in [1.82, 2.24) is 5.32 Å². The van der Waals surface area contributed by atoms with Gasteiger partial charge in [0.05, 0.1) is 11.8 Å². The van der Waals surface area contributed by atoms with Crippen LogP contribution in [0.15, 0.2) is 53.0 Å². The molecule has 126 valence electrons. The Morgan fingerprint density at radius 2 is 2.00 bits per heavy atom. The van der Waals surface area contributed by atoms with Crippen molar-refractivity contribution >= 4 is 31.7 Å². The summed E-state index contributed by atoms with van der Waals surface area (Å²) in [5, 5.41) is 2.74. The maximum atomic E-state index is 12.2. The van der Waals surface area contributed by atoms with Crippen LogP contribution < -0.4 is 10.1 Å². The molecule has 1 aliphatic heterocycles. The number of amides is 1. The summed E-state index contributed by atoms with van der Waals surface area (Å²) in [5.41, 5.74) is 1.52. The van der Waals surface area contributed by atoms with E-state index in [1.165, 1.54) is 0 Å².